The van der Waals surface area contributed by atoms with Gasteiger partial charge in [-0.1, -0.05) is 31.0 Å². The Morgan fingerprint density at radius 3 is 3.00 bits per heavy atom. The normalized spacial score (nSPS) is 12.2. The molecular weight excluding hydrogens is 214 g/mol. The molecule has 0 bridgehead atoms. The van der Waals surface area contributed by atoms with Gasteiger partial charge in [0.1, 0.15) is 11.0 Å². The van der Waals surface area contributed by atoms with Gasteiger partial charge in [-0.15, -0.1) is 0 Å². The predicted octanol–water partition coefficient (Wildman–Crippen LogP) is 1.80. The van der Waals surface area contributed by atoms with Crippen molar-refractivity contribution in [3.8, 4) is 0 Å². The third kappa shape index (κ3) is 3.85. The molecule has 0 radical (unpaired) electrons. The van der Waals surface area contributed by atoms with Crippen LogP contribution in [0, 0.1) is 0 Å². The average molecular weight is 228 g/mol. The van der Waals surface area contributed by atoms with Gasteiger partial charge in [-0.05, 0) is 18.6 Å². The minimum Gasteiger partial charge on any atom is -0.320 e. The molecule has 3 N–H and O–H groups in total. The molecule has 1 heterocycles. The van der Waals surface area contributed by atoms with Gasteiger partial charge in [-0.25, -0.2) is 4.98 Å². The van der Waals surface area contributed by atoms with Crippen molar-refractivity contribution in [2.75, 3.05) is 5.32 Å². The fourth-order valence-electron chi connectivity index (χ4n) is 1.14. The van der Waals surface area contributed by atoms with Crippen molar-refractivity contribution in [3.05, 3.63) is 23.4 Å². The van der Waals surface area contributed by atoms with Crippen molar-refractivity contribution in [2.45, 2.75) is 25.8 Å². The number of hydrogen-bond donors (Lipinski definition) is 2. The van der Waals surface area contributed by atoms with Crippen LogP contribution in [-0.4, -0.2) is 16.9 Å². The van der Waals surface area contributed by atoms with Crippen LogP contribution >= 0.6 is 11.6 Å². The molecule has 0 fully saturated rings. The van der Waals surface area contributed by atoms with Gasteiger partial charge in [0.25, 0.3) is 0 Å². The molecular formula is C10H14ClN3O. The van der Waals surface area contributed by atoms with Crippen molar-refractivity contribution >= 4 is 23.3 Å². The Labute approximate surface area is 93.8 Å². The van der Waals surface area contributed by atoms with E-state index in [0.717, 1.165) is 6.42 Å². The number of hydrogen-bond acceptors (Lipinski definition) is 3. The van der Waals surface area contributed by atoms with Crippen molar-refractivity contribution in [2.24, 2.45) is 5.73 Å². The first-order valence-electron chi connectivity index (χ1n) is 4.82. The number of carbonyl (C=O) groups is 1. The third-order valence-corrected chi connectivity index (χ3v) is 2.11. The Balaban J connectivity index is 2.58. The molecule has 1 unspecified atom stereocenters. The highest BCUT2D eigenvalue weighted by Crippen LogP contribution is 2.09. The molecule has 5 heteroatoms. The number of aromatic nitrogens is 1. The van der Waals surface area contributed by atoms with Gasteiger partial charge in [0, 0.05) is 0 Å². The number of nitrogens with one attached hydrogen (secondary N) is 1. The summed E-state index contributed by atoms with van der Waals surface area (Å²) in [7, 11) is 0. The van der Waals surface area contributed by atoms with E-state index in [-0.39, 0.29) is 5.91 Å². The van der Waals surface area contributed by atoms with Crippen LogP contribution in [0.25, 0.3) is 0 Å². The molecule has 4 nitrogen and oxygen atoms in total. The number of halogens is 1. The summed E-state index contributed by atoms with van der Waals surface area (Å²) in [6, 6.07) is 4.54. The summed E-state index contributed by atoms with van der Waals surface area (Å²) in [6.07, 6.45) is 1.53. The molecule has 1 rings (SSSR count). The fraction of sp³-hybridized carbons (Fsp3) is 0.400. The topological polar surface area (TPSA) is 68.0 Å². The van der Waals surface area contributed by atoms with Gasteiger partial charge in [0.2, 0.25) is 5.91 Å². The summed E-state index contributed by atoms with van der Waals surface area (Å²) in [4.78, 5) is 15.4. The number of anilines is 1. The van der Waals surface area contributed by atoms with Gasteiger partial charge in [-0.2, -0.15) is 0 Å². The fourth-order valence-corrected chi connectivity index (χ4v) is 1.30. The number of nitrogens with zero attached hydrogens (tertiary/aromatic N) is 1. The second-order valence-electron chi connectivity index (χ2n) is 3.23. The van der Waals surface area contributed by atoms with Crippen LogP contribution in [0.4, 0.5) is 5.82 Å². The predicted molar refractivity (Wildman–Crippen MR) is 60.8 cm³/mol. The summed E-state index contributed by atoms with van der Waals surface area (Å²) in [5.74, 6) is 0.200. The Morgan fingerprint density at radius 1 is 1.67 bits per heavy atom. The van der Waals surface area contributed by atoms with E-state index >= 15 is 0 Å². The summed E-state index contributed by atoms with van der Waals surface area (Å²) < 4.78 is 0. The summed E-state index contributed by atoms with van der Waals surface area (Å²) in [6.45, 7) is 1.98. The molecule has 1 aromatic heterocycles. The number of pyridine rings is 1. The molecule has 1 amide bonds. The molecule has 0 aliphatic heterocycles. The Hall–Kier alpha value is -1.13. The van der Waals surface area contributed by atoms with E-state index in [1.54, 1.807) is 18.2 Å². The first-order valence-corrected chi connectivity index (χ1v) is 5.20. The maximum Gasteiger partial charge on any atom is 0.242 e. The monoisotopic (exact) mass is 227 g/mol. The van der Waals surface area contributed by atoms with Crippen LogP contribution < -0.4 is 11.1 Å². The van der Waals surface area contributed by atoms with Gasteiger partial charge in [0.05, 0.1) is 6.04 Å². The lowest BCUT2D eigenvalue weighted by Gasteiger charge is -2.10. The second-order valence-corrected chi connectivity index (χ2v) is 3.62. The number of nitrogens with two attached hydrogens (primary N) is 1. The number of carbonyl (C=O) groups excluding carboxylic acids is 1. The Bertz CT molecular complexity index is 343. The van der Waals surface area contributed by atoms with Crippen molar-refractivity contribution in [3.63, 3.8) is 0 Å². The highest BCUT2D eigenvalue weighted by Gasteiger charge is 2.12. The number of amides is 1. The second kappa shape index (κ2) is 5.68. The van der Waals surface area contributed by atoms with Crippen molar-refractivity contribution < 1.29 is 4.79 Å². The maximum absolute atomic E-state index is 11.5. The van der Waals surface area contributed by atoms with Crippen molar-refractivity contribution in [1.29, 1.82) is 0 Å². The lowest BCUT2D eigenvalue weighted by molar-refractivity contribution is -0.117. The summed E-state index contributed by atoms with van der Waals surface area (Å²) >= 11 is 5.68. The quantitative estimate of drug-likeness (QED) is 0.771. The zero-order valence-corrected chi connectivity index (χ0v) is 9.29. The van der Waals surface area contributed by atoms with Crippen molar-refractivity contribution in [1.82, 2.24) is 4.98 Å². The van der Waals surface area contributed by atoms with E-state index in [0.29, 0.717) is 17.4 Å². The van der Waals surface area contributed by atoms with Gasteiger partial charge < -0.3 is 11.1 Å². The minimum atomic E-state index is -0.490. The average Bonchev–Trinajstić information content (AvgIpc) is 2.18. The standard InChI is InChI=1S/C10H14ClN3O/c1-2-4-7(12)10(15)14-9-6-3-5-8(11)13-9/h3,5-7H,2,4,12H2,1H3,(H,13,14,15). The molecule has 15 heavy (non-hydrogen) atoms. The molecule has 0 aliphatic carbocycles. The first kappa shape index (κ1) is 11.9. The highest BCUT2D eigenvalue weighted by atomic mass is 35.5. The molecule has 0 aromatic carbocycles. The largest absolute Gasteiger partial charge is 0.320 e. The molecule has 0 spiro atoms. The summed E-state index contributed by atoms with van der Waals surface area (Å²) in [5.41, 5.74) is 5.64. The SMILES string of the molecule is CCCC(N)C(=O)Nc1cccc(Cl)n1. The molecule has 1 atom stereocenters. The molecule has 0 aliphatic rings. The van der Waals surface area contributed by atoms with Crippen LogP contribution in [0.3, 0.4) is 0 Å². The first-order chi connectivity index (χ1) is 7.13. The molecule has 1 aromatic rings. The third-order valence-electron chi connectivity index (χ3n) is 1.90. The van der Waals surface area contributed by atoms with E-state index in [9.17, 15) is 4.79 Å². The molecule has 0 saturated carbocycles. The minimum absolute atomic E-state index is 0.230. The van der Waals surface area contributed by atoms with Gasteiger partial charge in [0.15, 0.2) is 0 Å². The highest BCUT2D eigenvalue weighted by molar-refractivity contribution is 6.29. The number of rotatable bonds is 4. The smallest absolute Gasteiger partial charge is 0.242 e. The molecule has 0 saturated heterocycles. The lowest BCUT2D eigenvalue weighted by atomic mass is 10.2. The van der Waals surface area contributed by atoms with Crippen LogP contribution in [-0.2, 0) is 4.79 Å². The Kier molecular flexibility index (Phi) is 4.52. The van der Waals surface area contributed by atoms with Crippen LogP contribution in [0.5, 0.6) is 0 Å². The van der Waals surface area contributed by atoms with E-state index < -0.39 is 6.04 Å². The van der Waals surface area contributed by atoms with E-state index in [1.165, 1.54) is 0 Å². The lowest BCUT2D eigenvalue weighted by Crippen LogP contribution is -2.35. The van der Waals surface area contributed by atoms with Crippen LogP contribution in [0.1, 0.15) is 19.8 Å². The van der Waals surface area contributed by atoms with Crippen LogP contribution in [0.2, 0.25) is 5.15 Å². The summed E-state index contributed by atoms with van der Waals surface area (Å²) in [5, 5.41) is 2.95. The zero-order valence-electron chi connectivity index (χ0n) is 8.53. The van der Waals surface area contributed by atoms with Gasteiger partial charge in [-0.3, -0.25) is 4.79 Å². The Morgan fingerprint density at radius 2 is 2.40 bits per heavy atom. The van der Waals surface area contributed by atoms with E-state index in [1.807, 2.05) is 6.92 Å². The van der Waals surface area contributed by atoms with E-state index in [4.69, 9.17) is 17.3 Å². The van der Waals surface area contributed by atoms with Crippen LogP contribution in [0.15, 0.2) is 18.2 Å². The molecule has 82 valence electrons. The maximum atomic E-state index is 11.5. The van der Waals surface area contributed by atoms with E-state index in [2.05, 4.69) is 10.3 Å². The van der Waals surface area contributed by atoms with Gasteiger partial charge >= 0.3 is 0 Å². The zero-order chi connectivity index (χ0) is 11.3.